The molecule has 2 atom stereocenters. The molecule has 10 nitrogen and oxygen atoms in total. The van der Waals surface area contributed by atoms with Crippen molar-refractivity contribution >= 4 is 23.6 Å². The van der Waals surface area contributed by atoms with Gasteiger partial charge < -0.3 is 29.9 Å². The predicted molar refractivity (Wildman–Crippen MR) is 167 cm³/mol. The van der Waals surface area contributed by atoms with E-state index in [-0.39, 0.29) is 36.5 Å². The fourth-order valence-corrected chi connectivity index (χ4v) is 5.62. The van der Waals surface area contributed by atoms with Crippen LogP contribution in [0.1, 0.15) is 68.3 Å². The van der Waals surface area contributed by atoms with E-state index in [1.165, 1.54) is 0 Å². The number of fused-ring (bicyclic) bond motifs is 1. The van der Waals surface area contributed by atoms with Gasteiger partial charge in [-0.25, -0.2) is 0 Å². The van der Waals surface area contributed by atoms with Crippen LogP contribution in [0.3, 0.4) is 0 Å². The Kier molecular flexibility index (Phi) is 12.6. The number of benzene rings is 2. The molecule has 2 aromatic carbocycles. The molecule has 10 heteroatoms. The van der Waals surface area contributed by atoms with E-state index in [1.807, 2.05) is 30.3 Å². The number of nitrogens with zero attached hydrogens (tertiary/aromatic N) is 2. The van der Waals surface area contributed by atoms with Crippen molar-refractivity contribution in [1.29, 1.82) is 0 Å². The molecule has 0 bridgehead atoms. The average Bonchev–Trinajstić information content (AvgIpc) is 3.04. The molecule has 2 heterocycles. The number of carbonyl (C=O) groups excluding carboxylic acids is 4. The molecular formula is C34H46N4O6. The molecule has 0 unspecified atom stereocenters. The summed E-state index contributed by atoms with van der Waals surface area (Å²) in [7, 11) is 0. The van der Waals surface area contributed by atoms with E-state index in [0.717, 1.165) is 24.8 Å². The highest BCUT2D eigenvalue weighted by Gasteiger charge is 2.34. The lowest BCUT2D eigenvalue weighted by Crippen LogP contribution is -2.55. The number of rotatable bonds is 9. The number of piperidine rings is 1. The van der Waals surface area contributed by atoms with E-state index in [2.05, 4.69) is 24.5 Å². The predicted octanol–water partition coefficient (Wildman–Crippen LogP) is 3.34. The van der Waals surface area contributed by atoms with Crippen molar-refractivity contribution in [3.05, 3.63) is 65.7 Å². The van der Waals surface area contributed by atoms with Crippen LogP contribution in [0, 0.1) is 0 Å². The van der Waals surface area contributed by atoms with Gasteiger partial charge in [0.25, 0.3) is 5.91 Å². The third-order valence-corrected chi connectivity index (χ3v) is 8.06. The topological polar surface area (TPSA) is 117 Å². The molecule has 0 spiro atoms. The molecule has 2 aliphatic heterocycles. The van der Waals surface area contributed by atoms with Gasteiger partial charge in [-0.3, -0.25) is 19.2 Å². The van der Waals surface area contributed by atoms with Crippen LogP contribution >= 0.6 is 0 Å². The Balaban J connectivity index is 1.61. The van der Waals surface area contributed by atoms with Crippen molar-refractivity contribution in [3.8, 4) is 5.75 Å². The monoisotopic (exact) mass is 606 g/mol. The van der Waals surface area contributed by atoms with E-state index in [1.54, 1.807) is 34.1 Å². The van der Waals surface area contributed by atoms with Crippen LogP contribution in [-0.4, -0.2) is 91.0 Å². The number of hydrogen-bond acceptors (Lipinski definition) is 6. The van der Waals surface area contributed by atoms with Gasteiger partial charge in [-0.15, -0.1) is 0 Å². The molecule has 4 amide bonds. The summed E-state index contributed by atoms with van der Waals surface area (Å²) in [4.78, 5) is 58.3. The number of unbranched alkanes of at least 4 members (excludes halogenated alkanes) is 1. The number of para-hydroxylation sites is 1. The summed E-state index contributed by atoms with van der Waals surface area (Å²) < 4.78 is 11.9. The van der Waals surface area contributed by atoms with Gasteiger partial charge in [-0.2, -0.15) is 0 Å². The van der Waals surface area contributed by atoms with Gasteiger partial charge in [0, 0.05) is 32.7 Å². The Morgan fingerprint density at radius 1 is 0.932 bits per heavy atom. The normalized spacial score (nSPS) is 20.6. The highest BCUT2D eigenvalue weighted by atomic mass is 16.5. The van der Waals surface area contributed by atoms with E-state index < -0.39 is 23.9 Å². The van der Waals surface area contributed by atoms with Crippen molar-refractivity contribution in [2.45, 2.75) is 77.0 Å². The zero-order valence-electron chi connectivity index (χ0n) is 26.0. The highest BCUT2D eigenvalue weighted by molar-refractivity contribution is 6.01. The van der Waals surface area contributed by atoms with Gasteiger partial charge in [0.05, 0.1) is 24.6 Å². The van der Waals surface area contributed by atoms with Crippen LogP contribution in [0.5, 0.6) is 5.75 Å². The molecule has 0 saturated carbocycles. The van der Waals surface area contributed by atoms with Crippen molar-refractivity contribution < 1.29 is 28.7 Å². The van der Waals surface area contributed by atoms with Crippen molar-refractivity contribution in [2.24, 2.45) is 0 Å². The van der Waals surface area contributed by atoms with Crippen LogP contribution in [0.2, 0.25) is 0 Å². The average molecular weight is 607 g/mol. The minimum Gasteiger partial charge on any atom is -0.491 e. The van der Waals surface area contributed by atoms with Gasteiger partial charge in [0.15, 0.2) is 0 Å². The molecule has 2 aromatic rings. The van der Waals surface area contributed by atoms with Crippen LogP contribution in [0.4, 0.5) is 0 Å². The molecule has 2 N–H and O–H groups in total. The third-order valence-electron chi connectivity index (χ3n) is 8.06. The molecule has 0 radical (unpaired) electrons. The second kappa shape index (κ2) is 16.8. The number of likely N-dealkylation sites (tertiary alicyclic amines) is 1. The Morgan fingerprint density at radius 3 is 2.39 bits per heavy atom. The first-order chi connectivity index (χ1) is 21.4. The number of nitrogens with one attached hydrogen (secondary N) is 2. The van der Waals surface area contributed by atoms with Crippen molar-refractivity contribution in [3.63, 3.8) is 0 Å². The summed E-state index contributed by atoms with van der Waals surface area (Å²) in [5.41, 5.74) is 1.17. The summed E-state index contributed by atoms with van der Waals surface area (Å²) in [6.45, 7) is 6.73. The zero-order valence-corrected chi connectivity index (χ0v) is 26.0. The summed E-state index contributed by atoms with van der Waals surface area (Å²) in [6.07, 6.45) is 4.10. The molecule has 238 valence electrons. The Bertz CT molecular complexity index is 1250. The molecule has 2 aliphatic rings. The summed E-state index contributed by atoms with van der Waals surface area (Å²) in [5, 5.41) is 5.73. The minimum absolute atomic E-state index is 0.0883. The summed E-state index contributed by atoms with van der Waals surface area (Å²) in [6, 6.07) is 14.4. The minimum atomic E-state index is -1.12. The maximum Gasteiger partial charge on any atom is 0.255 e. The highest BCUT2D eigenvalue weighted by Crippen LogP contribution is 2.20. The SMILES string of the molecule is CCCCN1CCOc2ccccc2C(=O)N[C@H](C(=O)N2CCC(OCCC)CC2)CC(=O)N[C@@H](Cc2ccccc2)C1=O. The lowest BCUT2D eigenvalue weighted by atomic mass is 10.0. The maximum atomic E-state index is 13.9. The number of amides is 4. The first-order valence-corrected chi connectivity index (χ1v) is 15.9. The van der Waals surface area contributed by atoms with Gasteiger partial charge in [0.1, 0.15) is 24.4 Å². The second-order valence-electron chi connectivity index (χ2n) is 11.5. The molecule has 44 heavy (non-hydrogen) atoms. The molecule has 1 saturated heterocycles. The zero-order chi connectivity index (χ0) is 31.3. The lowest BCUT2D eigenvalue weighted by molar-refractivity contribution is -0.139. The van der Waals surface area contributed by atoms with Crippen LogP contribution in [-0.2, 0) is 25.5 Å². The number of ether oxygens (including phenoxy) is 2. The Morgan fingerprint density at radius 2 is 1.66 bits per heavy atom. The standard InChI is InChI=1S/C34H46N4O6/c1-3-5-17-37-20-22-44-30-14-10-9-13-27(30)32(40)36-29(34(42)38-18-15-26(16-19-38)43-21-4-2)24-31(39)35-28(33(37)41)23-25-11-7-6-8-12-25/h6-14,26,28-29H,3-5,15-24H2,1-2H3,(H,35,39)(H,36,40)/t28-,29-/m0/s1. The van der Waals surface area contributed by atoms with Gasteiger partial charge >= 0.3 is 0 Å². The van der Waals surface area contributed by atoms with Crippen molar-refractivity contribution in [1.82, 2.24) is 20.4 Å². The Labute approximate surface area is 260 Å². The van der Waals surface area contributed by atoms with Crippen molar-refractivity contribution in [2.75, 3.05) is 39.4 Å². The Hall–Kier alpha value is -3.92. The molecule has 0 aliphatic carbocycles. The fraction of sp³-hybridized carbons (Fsp3) is 0.529. The maximum absolute atomic E-state index is 13.9. The van der Waals surface area contributed by atoms with E-state index in [9.17, 15) is 19.2 Å². The van der Waals surface area contributed by atoms with Crippen LogP contribution in [0.25, 0.3) is 0 Å². The van der Waals surface area contributed by atoms with E-state index >= 15 is 0 Å². The van der Waals surface area contributed by atoms with Gasteiger partial charge in [-0.05, 0) is 43.4 Å². The molecule has 1 fully saturated rings. The van der Waals surface area contributed by atoms with E-state index in [0.29, 0.717) is 57.8 Å². The largest absolute Gasteiger partial charge is 0.491 e. The number of hydrogen-bond donors (Lipinski definition) is 2. The third kappa shape index (κ3) is 9.29. The van der Waals surface area contributed by atoms with Crippen LogP contribution < -0.4 is 15.4 Å². The second-order valence-corrected chi connectivity index (χ2v) is 11.5. The van der Waals surface area contributed by atoms with Gasteiger partial charge in [0.2, 0.25) is 17.7 Å². The smallest absolute Gasteiger partial charge is 0.255 e. The summed E-state index contributed by atoms with van der Waals surface area (Å²) in [5.74, 6) is -1.15. The lowest BCUT2D eigenvalue weighted by Gasteiger charge is -2.34. The first-order valence-electron chi connectivity index (χ1n) is 15.9. The number of carbonyl (C=O) groups is 4. The molecule has 0 aromatic heterocycles. The molecular weight excluding hydrogens is 560 g/mol. The van der Waals surface area contributed by atoms with E-state index in [4.69, 9.17) is 9.47 Å². The molecule has 4 rings (SSSR count). The summed E-state index contributed by atoms with van der Waals surface area (Å²) >= 11 is 0. The quantitative estimate of drug-likeness (QED) is 0.452. The van der Waals surface area contributed by atoms with Crippen LogP contribution in [0.15, 0.2) is 54.6 Å². The fourth-order valence-electron chi connectivity index (χ4n) is 5.62. The first kappa shape index (κ1) is 33.0. The van der Waals surface area contributed by atoms with Gasteiger partial charge in [-0.1, -0.05) is 62.7 Å².